The van der Waals surface area contributed by atoms with Crippen LogP contribution in [0.4, 0.5) is 0 Å². The van der Waals surface area contributed by atoms with E-state index < -0.39 is 16.0 Å². The highest BCUT2D eigenvalue weighted by Gasteiger charge is 2.30. The van der Waals surface area contributed by atoms with Crippen molar-refractivity contribution in [2.24, 2.45) is 0 Å². The maximum atomic E-state index is 13.1. The molecule has 0 amide bonds. The van der Waals surface area contributed by atoms with Gasteiger partial charge in [0.2, 0.25) is 10.0 Å². The van der Waals surface area contributed by atoms with Gasteiger partial charge in [0.05, 0.1) is 5.52 Å². The van der Waals surface area contributed by atoms with Crippen molar-refractivity contribution in [2.75, 3.05) is 32.7 Å². The van der Waals surface area contributed by atoms with Crippen molar-refractivity contribution in [1.82, 2.24) is 14.2 Å². The van der Waals surface area contributed by atoms with Gasteiger partial charge in [-0.15, -0.1) is 0 Å². The van der Waals surface area contributed by atoms with Crippen molar-refractivity contribution in [2.45, 2.75) is 24.7 Å². The number of aliphatic carboxylic acids is 1. The molecule has 1 aromatic carbocycles. The highest BCUT2D eigenvalue weighted by molar-refractivity contribution is 7.89. The number of rotatable bonds is 6. The van der Waals surface area contributed by atoms with E-state index in [9.17, 15) is 13.2 Å². The average molecular weight is 377 g/mol. The second-order valence-corrected chi connectivity index (χ2v) is 8.49. The monoisotopic (exact) mass is 377 g/mol. The fourth-order valence-electron chi connectivity index (χ4n) is 3.24. The van der Waals surface area contributed by atoms with Crippen molar-refractivity contribution < 1.29 is 18.3 Å². The summed E-state index contributed by atoms with van der Waals surface area (Å²) in [4.78, 5) is 17.3. The average Bonchev–Trinajstić information content (AvgIpc) is 2.61. The van der Waals surface area contributed by atoms with Crippen molar-refractivity contribution in [3.8, 4) is 0 Å². The Morgan fingerprint density at radius 3 is 2.65 bits per heavy atom. The number of aromatic nitrogens is 1. The molecule has 0 saturated carbocycles. The van der Waals surface area contributed by atoms with Gasteiger partial charge in [0.25, 0.3) is 0 Å². The van der Waals surface area contributed by atoms with Crippen LogP contribution in [0.15, 0.2) is 35.4 Å². The lowest BCUT2D eigenvalue weighted by molar-refractivity contribution is -0.137. The first-order chi connectivity index (χ1) is 12.4. The Morgan fingerprint density at radius 1 is 1.23 bits per heavy atom. The van der Waals surface area contributed by atoms with E-state index in [-0.39, 0.29) is 11.3 Å². The van der Waals surface area contributed by atoms with Crippen molar-refractivity contribution in [1.29, 1.82) is 0 Å². The number of piperazine rings is 1. The van der Waals surface area contributed by atoms with Gasteiger partial charge in [-0.1, -0.05) is 12.1 Å². The number of nitrogens with zero attached hydrogens (tertiary/aromatic N) is 3. The molecule has 1 aromatic heterocycles. The minimum Gasteiger partial charge on any atom is -0.481 e. The Morgan fingerprint density at radius 2 is 1.96 bits per heavy atom. The fraction of sp³-hybridized carbons (Fsp3) is 0.444. The van der Waals surface area contributed by atoms with E-state index in [2.05, 4.69) is 9.88 Å². The number of carbonyl (C=O) groups is 1. The van der Waals surface area contributed by atoms with Crippen LogP contribution in [-0.4, -0.2) is 66.4 Å². The third kappa shape index (κ3) is 4.03. The molecule has 0 bridgehead atoms. The highest BCUT2D eigenvalue weighted by atomic mass is 32.2. The lowest BCUT2D eigenvalue weighted by Gasteiger charge is -2.34. The molecule has 7 nitrogen and oxygen atoms in total. The second-order valence-electron chi connectivity index (χ2n) is 6.58. The zero-order valence-corrected chi connectivity index (χ0v) is 15.6. The molecule has 2 aromatic rings. The highest BCUT2D eigenvalue weighted by Crippen LogP contribution is 2.25. The topological polar surface area (TPSA) is 90.8 Å². The number of sulfonamides is 1. The summed E-state index contributed by atoms with van der Waals surface area (Å²) in [6.45, 7) is 4.62. The van der Waals surface area contributed by atoms with Gasteiger partial charge in [-0.25, -0.2) is 8.42 Å². The molecular formula is C18H23N3O4S. The van der Waals surface area contributed by atoms with Gasteiger partial charge in [0.1, 0.15) is 4.90 Å². The van der Waals surface area contributed by atoms with Gasteiger partial charge in [-0.2, -0.15) is 4.31 Å². The lowest BCUT2D eigenvalue weighted by atomic mass is 10.2. The lowest BCUT2D eigenvalue weighted by Crippen LogP contribution is -2.48. The zero-order chi connectivity index (χ0) is 18.7. The molecule has 0 spiro atoms. The van der Waals surface area contributed by atoms with Crippen LogP contribution < -0.4 is 0 Å². The minimum atomic E-state index is -3.61. The van der Waals surface area contributed by atoms with E-state index in [0.717, 1.165) is 10.9 Å². The molecule has 140 valence electrons. The summed E-state index contributed by atoms with van der Waals surface area (Å²) in [5, 5.41) is 9.53. The number of benzene rings is 1. The Kier molecular flexibility index (Phi) is 5.55. The summed E-state index contributed by atoms with van der Waals surface area (Å²) in [5.74, 6) is -0.801. The summed E-state index contributed by atoms with van der Waals surface area (Å²) in [7, 11) is -3.61. The van der Waals surface area contributed by atoms with Crippen LogP contribution in [0.2, 0.25) is 0 Å². The summed E-state index contributed by atoms with van der Waals surface area (Å²) in [6.07, 6.45) is 2.40. The largest absolute Gasteiger partial charge is 0.481 e. The number of pyridine rings is 1. The first kappa shape index (κ1) is 18.8. The third-order valence-corrected chi connectivity index (χ3v) is 6.55. The summed E-state index contributed by atoms with van der Waals surface area (Å²) < 4.78 is 27.7. The molecule has 1 fully saturated rings. The maximum absolute atomic E-state index is 13.1. The van der Waals surface area contributed by atoms with Gasteiger partial charge in [0, 0.05) is 44.2 Å². The Labute approximate surface area is 153 Å². The van der Waals surface area contributed by atoms with Gasteiger partial charge < -0.3 is 10.0 Å². The molecular weight excluding hydrogens is 354 g/mol. The standard InChI is InChI=1S/C18H23N3O4S/c1-14-12-15-4-2-5-16(18(15)19-13-14)26(24,25)21-10-8-20(9-11-21)7-3-6-17(22)23/h2,4-5,12-13H,3,6-11H2,1H3,(H,22,23). The summed E-state index contributed by atoms with van der Waals surface area (Å²) >= 11 is 0. The van der Waals surface area contributed by atoms with E-state index >= 15 is 0 Å². The van der Waals surface area contributed by atoms with Crippen molar-refractivity contribution in [3.63, 3.8) is 0 Å². The first-order valence-corrected chi connectivity index (χ1v) is 10.1. The molecule has 0 radical (unpaired) electrons. The number of hydrogen-bond acceptors (Lipinski definition) is 5. The SMILES string of the molecule is Cc1cnc2c(S(=O)(=O)N3CCN(CCCC(=O)O)CC3)cccc2c1. The predicted octanol–water partition coefficient (Wildman–Crippen LogP) is 1.71. The van der Waals surface area contributed by atoms with Crippen LogP contribution in [-0.2, 0) is 14.8 Å². The number of para-hydroxylation sites is 1. The van der Waals surface area contributed by atoms with Crippen LogP contribution in [0.5, 0.6) is 0 Å². The smallest absolute Gasteiger partial charge is 0.303 e. The number of carboxylic acid groups (broad SMARTS) is 1. The second kappa shape index (κ2) is 7.69. The van der Waals surface area contributed by atoms with Gasteiger partial charge in [0.15, 0.2) is 0 Å². The van der Waals surface area contributed by atoms with Gasteiger partial charge in [-0.05, 0) is 37.6 Å². The molecule has 1 saturated heterocycles. The molecule has 26 heavy (non-hydrogen) atoms. The van der Waals surface area contributed by atoms with Crippen molar-refractivity contribution in [3.05, 3.63) is 36.0 Å². The van der Waals surface area contributed by atoms with E-state index in [1.165, 1.54) is 4.31 Å². The zero-order valence-electron chi connectivity index (χ0n) is 14.8. The number of carboxylic acids is 1. The molecule has 0 aliphatic carbocycles. The molecule has 8 heteroatoms. The normalized spacial score (nSPS) is 16.8. The fourth-order valence-corrected chi connectivity index (χ4v) is 4.83. The van der Waals surface area contributed by atoms with E-state index in [1.807, 2.05) is 19.1 Å². The first-order valence-electron chi connectivity index (χ1n) is 8.67. The van der Waals surface area contributed by atoms with Crippen LogP contribution in [0.25, 0.3) is 10.9 Å². The Balaban J connectivity index is 1.73. The van der Waals surface area contributed by atoms with Crippen LogP contribution in [0.1, 0.15) is 18.4 Å². The number of aryl methyl sites for hydroxylation is 1. The molecule has 2 heterocycles. The minimum absolute atomic E-state index is 0.138. The van der Waals surface area contributed by atoms with Crippen molar-refractivity contribution >= 4 is 26.9 Å². The number of hydrogen-bond donors (Lipinski definition) is 1. The summed E-state index contributed by atoms with van der Waals surface area (Å²) in [6, 6.07) is 7.16. The van der Waals surface area contributed by atoms with Gasteiger partial charge in [-0.3, -0.25) is 9.78 Å². The van der Waals surface area contributed by atoms with E-state index in [0.29, 0.717) is 44.7 Å². The maximum Gasteiger partial charge on any atom is 0.303 e. The molecule has 1 N–H and O–H groups in total. The molecule has 0 unspecified atom stereocenters. The van der Waals surface area contributed by atoms with Crippen LogP contribution >= 0.6 is 0 Å². The molecule has 1 aliphatic rings. The summed E-state index contributed by atoms with van der Waals surface area (Å²) in [5.41, 5.74) is 1.49. The van der Waals surface area contributed by atoms with E-state index in [1.54, 1.807) is 18.3 Å². The van der Waals surface area contributed by atoms with Crippen LogP contribution in [0.3, 0.4) is 0 Å². The molecule has 0 atom stereocenters. The van der Waals surface area contributed by atoms with E-state index in [4.69, 9.17) is 5.11 Å². The number of fused-ring (bicyclic) bond motifs is 1. The van der Waals surface area contributed by atoms with Gasteiger partial charge >= 0.3 is 5.97 Å². The third-order valence-electron chi connectivity index (χ3n) is 4.62. The Bertz CT molecular complexity index is 906. The molecule has 1 aliphatic heterocycles. The van der Waals surface area contributed by atoms with Crippen LogP contribution in [0, 0.1) is 6.92 Å². The Hall–Kier alpha value is -2.03. The quantitative estimate of drug-likeness (QED) is 0.824. The predicted molar refractivity (Wildman–Crippen MR) is 98.5 cm³/mol. The molecule has 3 rings (SSSR count).